The molecule has 3 heteroatoms. The average molecular weight is 536 g/mol. The Morgan fingerprint density at radius 1 is 0.429 bits per heavy atom. The molecule has 0 saturated heterocycles. The Balaban J connectivity index is 1.32. The fourth-order valence-corrected chi connectivity index (χ4v) is 6.71. The molecule has 0 aliphatic heterocycles. The van der Waals surface area contributed by atoms with Gasteiger partial charge in [0.1, 0.15) is 5.65 Å². The fourth-order valence-electron chi connectivity index (χ4n) is 6.71. The van der Waals surface area contributed by atoms with E-state index < -0.39 is 0 Å². The van der Waals surface area contributed by atoms with Gasteiger partial charge < -0.3 is 4.57 Å². The van der Waals surface area contributed by atoms with Crippen molar-refractivity contribution < 1.29 is 0 Å². The average Bonchev–Trinajstić information content (AvgIpc) is 3.58. The third-order valence-electron chi connectivity index (χ3n) is 8.54. The Morgan fingerprint density at radius 3 is 2.12 bits per heavy atom. The summed E-state index contributed by atoms with van der Waals surface area (Å²) in [5, 5.41) is 7.38. The molecule has 0 unspecified atom stereocenters. The molecule has 6 aromatic carbocycles. The third kappa shape index (κ3) is 3.31. The summed E-state index contributed by atoms with van der Waals surface area (Å²) in [6.45, 7) is 0. The van der Waals surface area contributed by atoms with Crippen LogP contribution >= 0.6 is 0 Å². The van der Waals surface area contributed by atoms with E-state index in [1.165, 1.54) is 54.8 Å². The summed E-state index contributed by atoms with van der Waals surface area (Å²) in [4.78, 5) is 4.81. The lowest BCUT2D eigenvalue weighted by molar-refractivity contribution is 1.14. The number of pyridine rings is 1. The van der Waals surface area contributed by atoms with Crippen molar-refractivity contribution in [1.82, 2.24) is 14.1 Å². The van der Waals surface area contributed by atoms with Crippen molar-refractivity contribution in [3.8, 4) is 22.5 Å². The van der Waals surface area contributed by atoms with Gasteiger partial charge in [-0.25, -0.2) is 4.98 Å². The summed E-state index contributed by atoms with van der Waals surface area (Å²) in [6, 6.07) is 52.3. The van der Waals surface area contributed by atoms with Crippen LogP contribution in [-0.2, 0) is 0 Å². The van der Waals surface area contributed by atoms with Crippen molar-refractivity contribution in [3.05, 3.63) is 152 Å². The molecular weight excluding hydrogens is 510 g/mol. The van der Waals surface area contributed by atoms with Gasteiger partial charge in [0, 0.05) is 39.1 Å². The highest BCUT2D eigenvalue weighted by molar-refractivity contribution is 6.17. The second-order valence-electron chi connectivity index (χ2n) is 10.9. The Morgan fingerprint density at radius 2 is 1.19 bits per heavy atom. The second-order valence-corrected chi connectivity index (χ2v) is 10.9. The minimum Gasteiger partial charge on any atom is -0.309 e. The first kappa shape index (κ1) is 23.1. The highest BCUT2D eigenvalue weighted by Crippen LogP contribution is 2.41. The molecule has 9 rings (SSSR count). The normalized spacial score (nSPS) is 11.8. The molecule has 0 aliphatic carbocycles. The molecule has 0 bridgehead atoms. The minimum atomic E-state index is 0.974. The van der Waals surface area contributed by atoms with E-state index in [-0.39, 0.29) is 0 Å². The Labute approximate surface area is 242 Å². The van der Waals surface area contributed by atoms with Gasteiger partial charge in [0.05, 0.1) is 16.6 Å². The van der Waals surface area contributed by atoms with Gasteiger partial charge in [-0.05, 0) is 82.6 Å². The SMILES string of the molecule is c1ccc(-n2c3ccc(-c4cccc5c4c4ccccc4n5-c4ccc5ccccc5c4)cc3c3cccnc32)cc1. The summed E-state index contributed by atoms with van der Waals surface area (Å²) in [5.41, 5.74) is 9.26. The number of hydrogen-bond donors (Lipinski definition) is 0. The number of nitrogens with zero attached hydrogens (tertiary/aromatic N) is 3. The van der Waals surface area contributed by atoms with Gasteiger partial charge in [0.2, 0.25) is 0 Å². The van der Waals surface area contributed by atoms with E-state index in [1.54, 1.807) is 0 Å². The number of hydrogen-bond acceptors (Lipinski definition) is 1. The van der Waals surface area contributed by atoms with Gasteiger partial charge in [-0.15, -0.1) is 0 Å². The molecule has 0 fully saturated rings. The topological polar surface area (TPSA) is 22.8 Å². The van der Waals surface area contributed by atoms with Crippen LogP contribution in [0, 0.1) is 0 Å². The molecule has 0 N–H and O–H groups in total. The molecule has 0 radical (unpaired) electrons. The van der Waals surface area contributed by atoms with Gasteiger partial charge >= 0.3 is 0 Å². The van der Waals surface area contributed by atoms with Crippen molar-refractivity contribution in [2.24, 2.45) is 0 Å². The summed E-state index contributed by atoms with van der Waals surface area (Å²) >= 11 is 0. The molecule has 196 valence electrons. The zero-order valence-electron chi connectivity index (χ0n) is 22.8. The number of rotatable bonds is 3. The van der Waals surface area contributed by atoms with Gasteiger partial charge in [-0.3, -0.25) is 4.57 Å². The molecule has 9 aromatic rings. The molecule has 0 saturated carbocycles. The van der Waals surface area contributed by atoms with Gasteiger partial charge in [0.25, 0.3) is 0 Å². The predicted molar refractivity (Wildman–Crippen MR) is 176 cm³/mol. The van der Waals surface area contributed by atoms with Crippen LogP contribution in [0.15, 0.2) is 152 Å². The van der Waals surface area contributed by atoms with Gasteiger partial charge in [-0.2, -0.15) is 0 Å². The zero-order chi connectivity index (χ0) is 27.6. The van der Waals surface area contributed by atoms with E-state index in [9.17, 15) is 0 Å². The van der Waals surface area contributed by atoms with E-state index >= 15 is 0 Å². The van der Waals surface area contributed by atoms with Crippen molar-refractivity contribution in [3.63, 3.8) is 0 Å². The Bertz CT molecular complexity index is 2460. The van der Waals surface area contributed by atoms with E-state index in [1.807, 2.05) is 12.3 Å². The molecular formula is C39H25N3. The second kappa shape index (κ2) is 8.92. The first-order valence-electron chi connectivity index (χ1n) is 14.3. The van der Waals surface area contributed by atoms with Crippen LogP contribution in [0.5, 0.6) is 0 Å². The van der Waals surface area contributed by atoms with Crippen LogP contribution < -0.4 is 0 Å². The maximum absolute atomic E-state index is 4.81. The third-order valence-corrected chi connectivity index (χ3v) is 8.54. The van der Waals surface area contributed by atoms with Crippen molar-refractivity contribution in [2.75, 3.05) is 0 Å². The van der Waals surface area contributed by atoms with Crippen LogP contribution in [0.25, 0.3) is 77.0 Å². The number of fused-ring (bicyclic) bond motifs is 7. The first-order chi connectivity index (χ1) is 20.8. The molecule has 0 aliphatic rings. The van der Waals surface area contributed by atoms with E-state index in [2.05, 4.69) is 149 Å². The number of para-hydroxylation sites is 2. The van der Waals surface area contributed by atoms with Crippen molar-refractivity contribution in [1.29, 1.82) is 0 Å². The number of aromatic nitrogens is 3. The molecule has 42 heavy (non-hydrogen) atoms. The van der Waals surface area contributed by atoms with Gasteiger partial charge in [-0.1, -0.05) is 84.9 Å². The summed E-state index contributed by atoms with van der Waals surface area (Å²) in [7, 11) is 0. The lowest BCUT2D eigenvalue weighted by Gasteiger charge is -2.10. The standard InChI is InChI=1S/C39H25N3/c1-2-12-29(13-3-1)42-36-22-20-28(25-34(36)32-16-9-23-40-39(32)42)31-15-8-18-37-38(31)33-14-6-7-17-35(33)41(37)30-21-19-26-10-4-5-11-27(26)24-30/h1-25H. The molecule has 3 nitrogen and oxygen atoms in total. The molecule has 0 spiro atoms. The Kier molecular flexibility index (Phi) is 4.90. The maximum atomic E-state index is 4.81. The minimum absolute atomic E-state index is 0.974. The van der Waals surface area contributed by atoms with Crippen LogP contribution in [0.2, 0.25) is 0 Å². The van der Waals surface area contributed by atoms with Crippen molar-refractivity contribution >= 4 is 54.5 Å². The van der Waals surface area contributed by atoms with Crippen molar-refractivity contribution in [2.45, 2.75) is 0 Å². The largest absolute Gasteiger partial charge is 0.309 e. The summed E-state index contributed by atoms with van der Waals surface area (Å²) in [6.07, 6.45) is 1.88. The lowest BCUT2D eigenvalue weighted by atomic mass is 9.98. The zero-order valence-corrected chi connectivity index (χ0v) is 22.8. The smallest absolute Gasteiger partial charge is 0.145 e. The molecule has 3 heterocycles. The molecule has 3 aromatic heterocycles. The number of benzene rings is 6. The molecule has 0 atom stereocenters. The Hall–Kier alpha value is -5.67. The monoisotopic (exact) mass is 535 g/mol. The van der Waals surface area contributed by atoms with Crippen LogP contribution in [0.4, 0.5) is 0 Å². The van der Waals surface area contributed by atoms with E-state index in [0.29, 0.717) is 0 Å². The van der Waals surface area contributed by atoms with Crippen LogP contribution in [0.3, 0.4) is 0 Å². The fraction of sp³-hybridized carbons (Fsp3) is 0. The highest BCUT2D eigenvalue weighted by atomic mass is 15.0. The van der Waals surface area contributed by atoms with Crippen LogP contribution in [-0.4, -0.2) is 14.1 Å². The van der Waals surface area contributed by atoms with Gasteiger partial charge in [0.15, 0.2) is 0 Å². The molecule has 0 amide bonds. The predicted octanol–water partition coefficient (Wildman–Crippen LogP) is 10.1. The van der Waals surface area contributed by atoms with E-state index in [0.717, 1.165) is 22.2 Å². The summed E-state index contributed by atoms with van der Waals surface area (Å²) < 4.78 is 4.67. The first-order valence-corrected chi connectivity index (χ1v) is 14.3. The van der Waals surface area contributed by atoms with E-state index in [4.69, 9.17) is 4.98 Å². The maximum Gasteiger partial charge on any atom is 0.145 e. The quantitative estimate of drug-likeness (QED) is 0.221. The highest BCUT2D eigenvalue weighted by Gasteiger charge is 2.18. The van der Waals surface area contributed by atoms with Crippen LogP contribution in [0.1, 0.15) is 0 Å². The lowest BCUT2D eigenvalue weighted by Crippen LogP contribution is -1.94. The summed E-state index contributed by atoms with van der Waals surface area (Å²) in [5.74, 6) is 0.